The summed E-state index contributed by atoms with van der Waals surface area (Å²) in [5.41, 5.74) is 1.56. The van der Waals surface area contributed by atoms with E-state index < -0.39 is 0 Å². The van der Waals surface area contributed by atoms with Crippen LogP contribution in [0.15, 0.2) is 60.8 Å². The Morgan fingerprint density at radius 2 is 1.58 bits per heavy atom. The van der Waals surface area contributed by atoms with Crippen molar-refractivity contribution in [2.45, 2.75) is 0 Å². The minimum Gasteiger partial charge on any atom is -0.324 e. The van der Waals surface area contributed by atoms with Gasteiger partial charge in [0.15, 0.2) is 0 Å². The molecule has 0 saturated carbocycles. The number of nitrogens with zero attached hydrogens (tertiary/aromatic N) is 2. The Morgan fingerprint density at radius 1 is 0.917 bits per heavy atom. The molecular formula is C17H12Cl2N4O. The second-order valence-electron chi connectivity index (χ2n) is 4.87. The SMILES string of the molecule is O=C(Nc1cccc(Cl)c1)c1ccnc(Nc2cccc(Cl)c2)n1. The Hall–Kier alpha value is -2.63. The molecule has 0 aliphatic heterocycles. The van der Waals surface area contributed by atoms with Crippen LogP contribution in [-0.4, -0.2) is 15.9 Å². The van der Waals surface area contributed by atoms with E-state index >= 15 is 0 Å². The summed E-state index contributed by atoms with van der Waals surface area (Å²) >= 11 is 11.8. The topological polar surface area (TPSA) is 66.9 Å². The second kappa shape index (κ2) is 7.29. The van der Waals surface area contributed by atoms with Crippen LogP contribution in [0.25, 0.3) is 0 Å². The van der Waals surface area contributed by atoms with Gasteiger partial charge in [-0.25, -0.2) is 9.97 Å². The molecule has 0 aliphatic carbocycles. The summed E-state index contributed by atoms with van der Waals surface area (Å²) < 4.78 is 0. The molecular weight excluding hydrogens is 347 g/mol. The highest BCUT2D eigenvalue weighted by Crippen LogP contribution is 2.18. The van der Waals surface area contributed by atoms with Crippen molar-refractivity contribution in [1.29, 1.82) is 0 Å². The summed E-state index contributed by atoms with van der Waals surface area (Å²) in [4.78, 5) is 20.6. The lowest BCUT2D eigenvalue weighted by atomic mass is 10.3. The average molecular weight is 359 g/mol. The molecule has 0 unspecified atom stereocenters. The molecule has 7 heteroatoms. The van der Waals surface area contributed by atoms with Gasteiger partial charge < -0.3 is 10.6 Å². The Morgan fingerprint density at radius 3 is 2.29 bits per heavy atom. The highest BCUT2D eigenvalue weighted by atomic mass is 35.5. The second-order valence-corrected chi connectivity index (χ2v) is 5.74. The number of anilines is 3. The molecule has 0 saturated heterocycles. The largest absolute Gasteiger partial charge is 0.324 e. The van der Waals surface area contributed by atoms with Gasteiger partial charge in [-0.2, -0.15) is 0 Å². The molecule has 120 valence electrons. The number of benzene rings is 2. The fourth-order valence-electron chi connectivity index (χ4n) is 2.00. The number of aromatic nitrogens is 2. The molecule has 0 atom stereocenters. The molecule has 0 fully saturated rings. The van der Waals surface area contributed by atoms with E-state index in [4.69, 9.17) is 23.2 Å². The fourth-order valence-corrected chi connectivity index (χ4v) is 2.38. The number of amides is 1. The Labute approximate surface area is 148 Å². The van der Waals surface area contributed by atoms with Crippen molar-refractivity contribution in [2.24, 2.45) is 0 Å². The molecule has 24 heavy (non-hydrogen) atoms. The van der Waals surface area contributed by atoms with Crippen molar-refractivity contribution >= 4 is 46.4 Å². The first-order chi connectivity index (χ1) is 11.6. The number of rotatable bonds is 4. The van der Waals surface area contributed by atoms with Gasteiger partial charge in [0.05, 0.1) is 0 Å². The van der Waals surface area contributed by atoms with E-state index in [-0.39, 0.29) is 11.6 Å². The van der Waals surface area contributed by atoms with Crippen molar-refractivity contribution in [3.63, 3.8) is 0 Å². The van der Waals surface area contributed by atoms with Crippen LogP contribution in [0.1, 0.15) is 10.5 Å². The van der Waals surface area contributed by atoms with E-state index in [1.807, 2.05) is 6.07 Å². The van der Waals surface area contributed by atoms with E-state index in [1.165, 1.54) is 12.3 Å². The molecule has 2 N–H and O–H groups in total. The predicted octanol–water partition coefficient (Wildman–Crippen LogP) is 4.78. The highest BCUT2D eigenvalue weighted by molar-refractivity contribution is 6.31. The zero-order valence-electron chi connectivity index (χ0n) is 12.3. The summed E-state index contributed by atoms with van der Waals surface area (Å²) in [5, 5.41) is 6.87. The standard InChI is InChI=1S/C17H12Cl2N4O/c18-11-3-1-5-13(9-11)21-16(24)15-7-8-20-17(23-15)22-14-6-2-4-12(19)10-14/h1-10H,(H,21,24)(H,20,22,23). The van der Waals surface area contributed by atoms with Crippen LogP contribution < -0.4 is 10.6 Å². The average Bonchev–Trinajstić information content (AvgIpc) is 2.55. The van der Waals surface area contributed by atoms with Gasteiger partial charge in [-0.1, -0.05) is 35.3 Å². The van der Waals surface area contributed by atoms with Crippen molar-refractivity contribution < 1.29 is 4.79 Å². The van der Waals surface area contributed by atoms with Crippen molar-refractivity contribution in [2.75, 3.05) is 10.6 Å². The monoisotopic (exact) mass is 358 g/mol. The van der Waals surface area contributed by atoms with Crippen LogP contribution in [0, 0.1) is 0 Å². The summed E-state index contributed by atoms with van der Waals surface area (Å²) in [6.07, 6.45) is 1.51. The van der Waals surface area contributed by atoms with Crippen molar-refractivity contribution in [3.05, 3.63) is 76.5 Å². The van der Waals surface area contributed by atoms with E-state index in [0.29, 0.717) is 21.7 Å². The van der Waals surface area contributed by atoms with Crippen LogP contribution >= 0.6 is 23.2 Å². The summed E-state index contributed by atoms with van der Waals surface area (Å²) in [6.45, 7) is 0. The minimum atomic E-state index is -0.353. The number of halogens is 2. The number of carbonyl (C=O) groups excluding carboxylic acids is 1. The zero-order chi connectivity index (χ0) is 16.9. The normalized spacial score (nSPS) is 10.2. The molecule has 0 aliphatic rings. The molecule has 5 nitrogen and oxygen atoms in total. The molecule has 3 aromatic rings. The third kappa shape index (κ3) is 4.22. The minimum absolute atomic E-state index is 0.231. The van der Waals surface area contributed by atoms with Crippen molar-refractivity contribution in [3.8, 4) is 0 Å². The van der Waals surface area contributed by atoms with E-state index in [1.54, 1.807) is 42.5 Å². The zero-order valence-corrected chi connectivity index (χ0v) is 13.8. The van der Waals surface area contributed by atoms with Crippen LogP contribution in [0.4, 0.5) is 17.3 Å². The summed E-state index contributed by atoms with van der Waals surface area (Å²) in [6, 6.07) is 15.6. The first-order valence-corrected chi connectivity index (χ1v) is 7.78. The van der Waals surface area contributed by atoms with Gasteiger partial charge in [0.2, 0.25) is 5.95 Å². The molecule has 0 radical (unpaired) electrons. The lowest BCUT2D eigenvalue weighted by Crippen LogP contribution is -2.14. The maximum Gasteiger partial charge on any atom is 0.274 e. The van der Waals surface area contributed by atoms with Gasteiger partial charge in [0.1, 0.15) is 5.69 Å². The number of nitrogens with one attached hydrogen (secondary N) is 2. The Kier molecular flexibility index (Phi) is 4.93. The first kappa shape index (κ1) is 16.2. The Balaban J connectivity index is 1.76. The molecule has 0 bridgehead atoms. The predicted molar refractivity (Wildman–Crippen MR) is 96.2 cm³/mol. The number of hydrogen-bond donors (Lipinski definition) is 2. The van der Waals surface area contributed by atoms with Gasteiger partial charge in [-0.05, 0) is 42.5 Å². The van der Waals surface area contributed by atoms with Crippen LogP contribution in [0.3, 0.4) is 0 Å². The van der Waals surface area contributed by atoms with E-state index in [0.717, 1.165) is 5.69 Å². The quantitative estimate of drug-likeness (QED) is 0.704. The summed E-state index contributed by atoms with van der Waals surface area (Å²) in [5.74, 6) is -0.0511. The number of hydrogen-bond acceptors (Lipinski definition) is 4. The van der Waals surface area contributed by atoms with Crippen LogP contribution in [-0.2, 0) is 0 Å². The van der Waals surface area contributed by atoms with Gasteiger partial charge in [0, 0.05) is 27.6 Å². The maximum absolute atomic E-state index is 12.3. The molecule has 1 aromatic heterocycles. The van der Waals surface area contributed by atoms with Crippen molar-refractivity contribution in [1.82, 2.24) is 9.97 Å². The van der Waals surface area contributed by atoms with Gasteiger partial charge in [-0.15, -0.1) is 0 Å². The van der Waals surface area contributed by atoms with Crippen LogP contribution in [0.2, 0.25) is 10.0 Å². The third-order valence-corrected chi connectivity index (χ3v) is 3.52. The number of carbonyl (C=O) groups is 1. The third-order valence-electron chi connectivity index (χ3n) is 3.05. The maximum atomic E-state index is 12.3. The lowest BCUT2D eigenvalue weighted by Gasteiger charge is -2.08. The molecule has 1 amide bonds. The lowest BCUT2D eigenvalue weighted by molar-refractivity contribution is 0.102. The van der Waals surface area contributed by atoms with Gasteiger partial charge >= 0.3 is 0 Å². The fraction of sp³-hybridized carbons (Fsp3) is 0. The van der Waals surface area contributed by atoms with Gasteiger partial charge in [0.25, 0.3) is 5.91 Å². The highest BCUT2D eigenvalue weighted by Gasteiger charge is 2.10. The van der Waals surface area contributed by atoms with E-state index in [2.05, 4.69) is 20.6 Å². The Bertz CT molecular complexity index is 886. The summed E-state index contributed by atoms with van der Waals surface area (Å²) in [7, 11) is 0. The van der Waals surface area contributed by atoms with E-state index in [9.17, 15) is 4.79 Å². The first-order valence-electron chi connectivity index (χ1n) is 7.03. The molecule has 2 aromatic carbocycles. The van der Waals surface area contributed by atoms with Gasteiger partial charge in [-0.3, -0.25) is 4.79 Å². The molecule has 3 rings (SSSR count). The molecule has 1 heterocycles. The molecule has 0 spiro atoms. The smallest absolute Gasteiger partial charge is 0.274 e. The van der Waals surface area contributed by atoms with Crippen LogP contribution in [0.5, 0.6) is 0 Å².